The summed E-state index contributed by atoms with van der Waals surface area (Å²) in [5.74, 6) is -1.59. The number of hydrogen-bond acceptors (Lipinski definition) is 3. The van der Waals surface area contributed by atoms with Gasteiger partial charge in [-0.25, -0.2) is 0 Å². The Kier molecular flexibility index (Phi) is 5.36. The van der Waals surface area contributed by atoms with E-state index in [4.69, 9.17) is 4.74 Å². The predicted octanol–water partition coefficient (Wildman–Crippen LogP) is 2.06. The lowest BCUT2D eigenvalue weighted by atomic mass is 10.1. The third-order valence-electron chi connectivity index (χ3n) is 2.69. The van der Waals surface area contributed by atoms with Gasteiger partial charge >= 0.3 is 5.97 Å². The van der Waals surface area contributed by atoms with Crippen LogP contribution in [0, 0.1) is 5.92 Å². The fourth-order valence-electron chi connectivity index (χ4n) is 1.54. The van der Waals surface area contributed by atoms with Crippen LogP contribution in [0.1, 0.15) is 32.4 Å². The van der Waals surface area contributed by atoms with Gasteiger partial charge in [-0.2, -0.15) is 0 Å². The molecule has 1 aromatic carbocycles. The van der Waals surface area contributed by atoms with Gasteiger partial charge in [-0.05, 0) is 26.3 Å². The molecule has 98 valence electrons. The Morgan fingerprint density at radius 1 is 1.22 bits per heavy atom. The predicted molar refractivity (Wildman–Crippen MR) is 68.8 cm³/mol. The molecule has 0 aromatic heterocycles. The zero-order valence-electron chi connectivity index (χ0n) is 11.0. The number of ether oxygens (including phenoxy) is 1. The molecule has 0 fully saturated rings. The summed E-state index contributed by atoms with van der Waals surface area (Å²) in [6, 6.07) is 9.47. The van der Waals surface area contributed by atoms with Crippen molar-refractivity contribution in [3.63, 3.8) is 0 Å². The Labute approximate surface area is 107 Å². The second-order valence-corrected chi connectivity index (χ2v) is 4.11. The molecule has 0 radical (unpaired) electrons. The first-order valence-corrected chi connectivity index (χ1v) is 6.08. The normalized spacial score (nSPS) is 13.5. The van der Waals surface area contributed by atoms with Crippen molar-refractivity contribution < 1.29 is 14.3 Å². The number of carbonyl (C=O) groups is 2. The third kappa shape index (κ3) is 3.87. The molecular weight excluding hydrogens is 230 g/mol. The molecule has 1 rings (SSSR count). The number of carbonyl (C=O) groups excluding carboxylic acids is 2. The smallest absolute Gasteiger partial charge is 0.318 e. The molecule has 0 bridgehead atoms. The van der Waals surface area contributed by atoms with E-state index in [1.807, 2.05) is 37.3 Å². The van der Waals surface area contributed by atoms with Crippen LogP contribution in [-0.4, -0.2) is 18.5 Å². The van der Waals surface area contributed by atoms with Crippen LogP contribution in [0.3, 0.4) is 0 Å². The van der Waals surface area contributed by atoms with Crippen LogP contribution in [0.25, 0.3) is 0 Å². The number of benzene rings is 1. The maximum atomic E-state index is 11.8. The van der Waals surface area contributed by atoms with Crippen molar-refractivity contribution in [1.29, 1.82) is 0 Å². The highest BCUT2D eigenvalue weighted by Crippen LogP contribution is 2.12. The summed E-state index contributed by atoms with van der Waals surface area (Å²) >= 11 is 0. The van der Waals surface area contributed by atoms with Gasteiger partial charge in [-0.1, -0.05) is 30.3 Å². The molecule has 0 saturated heterocycles. The molecule has 0 heterocycles. The first kappa shape index (κ1) is 14.2. The van der Waals surface area contributed by atoms with E-state index < -0.39 is 11.9 Å². The summed E-state index contributed by atoms with van der Waals surface area (Å²) in [5, 5.41) is 2.80. The zero-order chi connectivity index (χ0) is 13.5. The minimum Gasteiger partial charge on any atom is -0.465 e. The Bertz CT molecular complexity index is 403. The largest absolute Gasteiger partial charge is 0.465 e. The molecule has 0 saturated carbocycles. The Hall–Kier alpha value is -1.84. The van der Waals surface area contributed by atoms with Gasteiger partial charge in [-0.3, -0.25) is 9.59 Å². The maximum absolute atomic E-state index is 11.8. The van der Waals surface area contributed by atoms with Gasteiger partial charge < -0.3 is 10.1 Å². The van der Waals surface area contributed by atoms with Crippen LogP contribution < -0.4 is 5.32 Å². The SMILES string of the molecule is CCOC(=O)C(C)C(=O)NC(C)c1ccccc1. The topological polar surface area (TPSA) is 55.4 Å². The Morgan fingerprint density at radius 2 is 1.83 bits per heavy atom. The van der Waals surface area contributed by atoms with Crippen molar-refractivity contribution in [2.75, 3.05) is 6.61 Å². The van der Waals surface area contributed by atoms with Crippen LogP contribution in [-0.2, 0) is 14.3 Å². The summed E-state index contributed by atoms with van der Waals surface area (Å²) in [7, 11) is 0. The highest BCUT2D eigenvalue weighted by atomic mass is 16.5. The lowest BCUT2D eigenvalue weighted by molar-refractivity contribution is -0.151. The summed E-state index contributed by atoms with van der Waals surface area (Å²) in [6.45, 7) is 5.43. The van der Waals surface area contributed by atoms with Gasteiger partial charge in [0.2, 0.25) is 5.91 Å². The summed E-state index contributed by atoms with van der Waals surface area (Å²) in [5.41, 5.74) is 1.00. The molecule has 18 heavy (non-hydrogen) atoms. The van der Waals surface area contributed by atoms with Crippen molar-refractivity contribution in [3.8, 4) is 0 Å². The number of nitrogens with one attached hydrogen (secondary N) is 1. The molecule has 0 aliphatic carbocycles. The summed E-state index contributed by atoms with van der Waals surface area (Å²) in [4.78, 5) is 23.3. The molecule has 4 heteroatoms. The molecule has 2 unspecified atom stereocenters. The molecule has 0 spiro atoms. The molecule has 4 nitrogen and oxygen atoms in total. The van der Waals surface area contributed by atoms with Crippen molar-refractivity contribution in [2.45, 2.75) is 26.8 Å². The van der Waals surface area contributed by atoms with E-state index in [2.05, 4.69) is 5.32 Å². The number of hydrogen-bond donors (Lipinski definition) is 1. The van der Waals surface area contributed by atoms with E-state index in [9.17, 15) is 9.59 Å². The van der Waals surface area contributed by atoms with E-state index >= 15 is 0 Å². The van der Waals surface area contributed by atoms with E-state index in [0.29, 0.717) is 0 Å². The monoisotopic (exact) mass is 249 g/mol. The van der Waals surface area contributed by atoms with E-state index in [0.717, 1.165) is 5.56 Å². The maximum Gasteiger partial charge on any atom is 0.318 e. The van der Waals surface area contributed by atoms with Gasteiger partial charge in [-0.15, -0.1) is 0 Å². The number of rotatable bonds is 5. The third-order valence-corrected chi connectivity index (χ3v) is 2.69. The standard InChI is InChI=1S/C14H19NO3/c1-4-18-14(17)10(2)13(16)15-11(3)12-8-6-5-7-9-12/h5-11H,4H2,1-3H3,(H,15,16). The van der Waals surface area contributed by atoms with Crippen LogP contribution in [0.2, 0.25) is 0 Å². The average molecular weight is 249 g/mol. The van der Waals surface area contributed by atoms with Crippen LogP contribution in [0.15, 0.2) is 30.3 Å². The Morgan fingerprint density at radius 3 is 2.39 bits per heavy atom. The number of esters is 1. The summed E-state index contributed by atoms with van der Waals surface area (Å²) in [6.07, 6.45) is 0. The second kappa shape index (κ2) is 6.79. The van der Waals surface area contributed by atoms with Crippen molar-refractivity contribution in [2.24, 2.45) is 5.92 Å². The molecule has 2 atom stereocenters. The van der Waals surface area contributed by atoms with E-state index in [-0.39, 0.29) is 18.6 Å². The second-order valence-electron chi connectivity index (χ2n) is 4.11. The molecule has 0 aliphatic rings. The van der Waals surface area contributed by atoms with Gasteiger partial charge in [0, 0.05) is 0 Å². The minimum absolute atomic E-state index is 0.129. The lowest BCUT2D eigenvalue weighted by Crippen LogP contribution is -2.36. The molecule has 1 amide bonds. The zero-order valence-corrected chi connectivity index (χ0v) is 11.0. The quantitative estimate of drug-likeness (QED) is 0.642. The fraction of sp³-hybridized carbons (Fsp3) is 0.429. The van der Waals surface area contributed by atoms with Crippen LogP contribution >= 0.6 is 0 Å². The lowest BCUT2D eigenvalue weighted by Gasteiger charge is -2.17. The van der Waals surface area contributed by atoms with Crippen molar-refractivity contribution in [1.82, 2.24) is 5.32 Å². The first-order chi connectivity index (χ1) is 8.56. The fourth-order valence-corrected chi connectivity index (χ4v) is 1.54. The van der Waals surface area contributed by atoms with E-state index in [1.54, 1.807) is 13.8 Å². The molecule has 0 aliphatic heterocycles. The minimum atomic E-state index is -0.781. The van der Waals surface area contributed by atoms with Gasteiger partial charge in [0.1, 0.15) is 5.92 Å². The summed E-state index contributed by atoms with van der Waals surface area (Å²) < 4.78 is 4.81. The van der Waals surface area contributed by atoms with Crippen molar-refractivity contribution in [3.05, 3.63) is 35.9 Å². The average Bonchev–Trinajstić information content (AvgIpc) is 2.39. The van der Waals surface area contributed by atoms with Gasteiger partial charge in [0.15, 0.2) is 0 Å². The van der Waals surface area contributed by atoms with Gasteiger partial charge in [0.25, 0.3) is 0 Å². The number of amides is 1. The van der Waals surface area contributed by atoms with E-state index in [1.165, 1.54) is 0 Å². The molecule has 1 aromatic rings. The Balaban J connectivity index is 2.57. The first-order valence-electron chi connectivity index (χ1n) is 6.08. The van der Waals surface area contributed by atoms with Gasteiger partial charge in [0.05, 0.1) is 12.6 Å². The van der Waals surface area contributed by atoms with Crippen molar-refractivity contribution >= 4 is 11.9 Å². The highest BCUT2D eigenvalue weighted by Gasteiger charge is 2.23. The van der Waals surface area contributed by atoms with Crippen LogP contribution in [0.5, 0.6) is 0 Å². The molecular formula is C14H19NO3. The molecule has 1 N–H and O–H groups in total. The highest BCUT2D eigenvalue weighted by molar-refractivity contribution is 5.97. The van der Waals surface area contributed by atoms with Crippen LogP contribution in [0.4, 0.5) is 0 Å².